The largest absolute Gasteiger partial charge is 0.497 e. The Labute approximate surface area is 137 Å². The molecule has 0 bridgehead atoms. The standard InChI is InChI=1S/C15H16N4O3S/c1-9(2)13-17-19-15(22-13)23-8-12-16-18-14(21-12)10-5-4-6-11(7-10)20-3/h4-7,9H,8H2,1-3H3. The maximum absolute atomic E-state index is 5.66. The fourth-order valence-corrected chi connectivity index (χ4v) is 2.43. The average Bonchev–Trinajstić information content (AvgIpc) is 3.22. The molecule has 0 amide bonds. The second kappa shape index (κ2) is 6.82. The van der Waals surface area contributed by atoms with Gasteiger partial charge in [-0.15, -0.1) is 20.4 Å². The summed E-state index contributed by atoms with van der Waals surface area (Å²) in [5, 5.41) is 16.5. The Morgan fingerprint density at radius 1 is 1.13 bits per heavy atom. The number of aromatic nitrogens is 4. The third-order valence-electron chi connectivity index (χ3n) is 3.02. The van der Waals surface area contributed by atoms with E-state index >= 15 is 0 Å². The van der Waals surface area contributed by atoms with Crippen LogP contribution >= 0.6 is 11.8 Å². The molecule has 3 aromatic rings. The number of benzene rings is 1. The summed E-state index contributed by atoms with van der Waals surface area (Å²) < 4.78 is 16.4. The predicted molar refractivity (Wildman–Crippen MR) is 84.2 cm³/mol. The van der Waals surface area contributed by atoms with Crippen molar-refractivity contribution < 1.29 is 13.6 Å². The van der Waals surface area contributed by atoms with Crippen molar-refractivity contribution in [3.63, 3.8) is 0 Å². The molecule has 0 atom stereocenters. The lowest BCUT2D eigenvalue weighted by atomic mass is 10.2. The van der Waals surface area contributed by atoms with E-state index in [0.717, 1.165) is 11.3 Å². The van der Waals surface area contributed by atoms with Gasteiger partial charge in [0.25, 0.3) is 5.22 Å². The minimum atomic E-state index is 0.208. The van der Waals surface area contributed by atoms with Crippen LogP contribution in [0.1, 0.15) is 31.5 Å². The molecule has 2 heterocycles. The van der Waals surface area contributed by atoms with Gasteiger partial charge in [0.1, 0.15) is 5.75 Å². The Kier molecular flexibility index (Phi) is 4.61. The number of hydrogen-bond donors (Lipinski definition) is 0. The minimum absolute atomic E-state index is 0.208. The zero-order valence-electron chi connectivity index (χ0n) is 13.0. The maximum atomic E-state index is 5.66. The smallest absolute Gasteiger partial charge is 0.277 e. The van der Waals surface area contributed by atoms with E-state index in [2.05, 4.69) is 20.4 Å². The molecule has 7 nitrogen and oxygen atoms in total. The second-order valence-corrected chi connectivity index (χ2v) is 6.01. The summed E-state index contributed by atoms with van der Waals surface area (Å²) in [6, 6.07) is 7.47. The Hall–Kier alpha value is -2.35. The van der Waals surface area contributed by atoms with Crippen molar-refractivity contribution in [2.24, 2.45) is 0 Å². The number of hydrogen-bond acceptors (Lipinski definition) is 8. The van der Waals surface area contributed by atoms with E-state index in [1.54, 1.807) is 7.11 Å². The Balaban J connectivity index is 1.66. The van der Waals surface area contributed by atoms with E-state index in [0.29, 0.717) is 28.6 Å². The molecular weight excluding hydrogens is 316 g/mol. The number of rotatable bonds is 6. The van der Waals surface area contributed by atoms with Crippen LogP contribution in [0.4, 0.5) is 0 Å². The van der Waals surface area contributed by atoms with Crippen LogP contribution in [0.25, 0.3) is 11.5 Å². The highest BCUT2D eigenvalue weighted by molar-refractivity contribution is 7.98. The zero-order chi connectivity index (χ0) is 16.2. The first-order chi connectivity index (χ1) is 11.2. The molecule has 0 radical (unpaired) electrons. The summed E-state index contributed by atoms with van der Waals surface area (Å²) in [6.45, 7) is 4.00. The summed E-state index contributed by atoms with van der Waals surface area (Å²) in [5.41, 5.74) is 0.813. The molecule has 1 aromatic carbocycles. The molecule has 120 valence electrons. The highest BCUT2D eigenvalue weighted by Gasteiger charge is 2.13. The third-order valence-corrected chi connectivity index (χ3v) is 3.82. The predicted octanol–water partition coefficient (Wildman–Crippen LogP) is 3.54. The van der Waals surface area contributed by atoms with Crippen LogP contribution in [0.3, 0.4) is 0 Å². The van der Waals surface area contributed by atoms with E-state index in [1.807, 2.05) is 38.1 Å². The molecule has 0 aliphatic heterocycles. The van der Waals surface area contributed by atoms with Crippen molar-refractivity contribution in [1.29, 1.82) is 0 Å². The summed E-state index contributed by atoms with van der Waals surface area (Å²) >= 11 is 1.37. The van der Waals surface area contributed by atoms with Crippen molar-refractivity contribution in [2.45, 2.75) is 30.7 Å². The average molecular weight is 332 g/mol. The molecule has 0 saturated carbocycles. The summed E-state index contributed by atoms with van der Waals surface area (Å²) in [5.74, 6) is 2.99. The molecule has 0 fully saturated rings. The molecule has 0 saturated heterocycles. The van der Waals surface area contributed by atoms with Crippen LogP contribution in [0, 0.1) is 0 Å². The molecule has 8 heteroatoms. The molecule has 3 rings (SSSR count). The van der Waals surface area contributed by atoms with Crippen LogP contribution < -0.4 is 4.74 Å². The summed E-state index contributed by atoms with van der Waals surface area (Å²) in [7, 11) is 1.62. The van der Waals surface area contributed by atoms with Gasteiger partial charge in [-0.05, 0) is 18.2 Å². The van der Waals surface area contributed by atoms with Crippen LogP contribution in [0.2, 0.25) is 0 Å². The normalized spacial score (nSPS) is 11.1. The van der Waals surface area contributed by atoms with Crippen molar-refractivity contribution in [2.75, 3.05) is 7.11 Å². The van der Waals surface area contributed by atoms with E-state index in [9.17, 15) is 0 Å². The molecule has 0 unspecified atom stereocenters. The first kappa shape index (κ1) is 15.5. The molecule has 2 aromatic heterocycles. The highest BCUT2D eigenvalue weighted by Crippen LogP contribution is 2.26. The van der Waals surface area contributed by atoms with Crippen molar-refractivity contribution >= 4 is 11.8 Å². The lowest BCUT2D eigenvalue weighted by Gasteiger charge is -2.00. The van der Waals surface area contributed by atoms with Gasteiger partial charge >= 0.3 is 0 Å². The Morgan fingerprint density at radius 3 is 2.74 bits per heavy atom. The van der Waals surface area contributed by atoms with Gasteiger partial charge in [0.2, 0.25) is 17.7 Å². The summed E-state index contributed by atoms with van der Waals surface area (Å²) in [4.78, 5) is 0. The SMILES string of the molecule is COc1cccc(-c2nnc(CSc3nnc(C(C)C)o3)o2)c1. The number of nitrogens with zero attached hydrogens (tertiary/aromatic N) is 4. The maximum Gasteiger partial charge on any atom is 0.277 e. The first-order valence-electron chi connectivity index (χ1n) is 7.08. The van der Waals surface area contributed by atoms with Crippen LogP contribution in [-0.4, -0.2) is 27.5 Å². The van der Waals surface area contributed by atoms with Gasteiger partial charge in [-0.2, -0.15) is 0 Å². The van der Waals surface area contributed by atoms with Gasteiger partial charge in [0.15, 0.2) is 0 Å². The fraction of sp³-hybridized carbons (Fsp3) is 0.333. The quantitative estimate of drug-likeness (QED) is 0.633. The van der Waals surface area contributed by atoms with Gasteiger partial charge in [-0.3, -0.25) is 0 Å². The molecule has 0 aliphatic rings. The van der Waals surface area contributed by atoms with Gasteiger partial charge in [-0.1, -0.05) is 31.7 Å². The van der Waals surface area contributed by atoms with Gasteiger partial charge in [0, 0.05) is 11.5 Å². The zero-order valence-corrected chi connectivity index (χ0v) is 13.8. The monoisotopic (exact) mass is 332 g/mol. The topological polar surface area (TPSA) is 87.1 Å². The van der Waals surface area contributed by atoms with Gasteiger partial charge < -0.3 is 13.6 Å². The lowest BCUT2D eigenvalue weighted by molar-refractivity contribution is 0.398. The highest BCUT2D eigenvalue weighted by atomic mass is 32.2. The van der Waals surface area contributed by atoms with Gasteiger partial charge in [-0.25, -0.2) is 0 Å². The first-order valence-corrected chi connectivity index (χ1v) is 8.07. The van der Waals surface area contributed by atoms with Crippen molar-refractivity contribution in [3.05, 3.63) is 36.0 Å². The third kappa shape index (κ3) is 3.70. The van der Waals surface area contributed by atoms with E-state index in [1.165, 1.54) is 11.8 Å². The minimum Gasteiger partial charge on any atom is -0.497 e. The molecule has 23 heavy (non-hydrogen) atoms. The Bertz CT molecular complexity index is 784. The molecule has 0 N–H and O–H groups in total. The van der Waals surface area contributed by atoms with Crippen molar-refractivity contribution in [3.8, 4) is 17.2 Å². The molecular formula is C15H16N4O3S. The van der Waals surface area contributed by atoms with Crippen LogP contribution in [0.5, 0.6) is 5.75 Å². The number of methoxy groups -OCH3 is 1. The van der Waals surface area contributed by atoms with Crippen molar-refractivity contribution in [1.82, 2.24) is 20.4 Å². The molecule has 0 spiro atoms. The Morgan fingerprint density at radius 2 is 2.00 bits per heavy atom. The van der Waals surface area contributed by atoms with E-state index in [4.69, 9.17) is 13.6 Å². The molecule has 0 aliphatic carbocycles. The lowest BCUT2D eigenvalue weighted by Crippen LogP contribution is -1.85. The van der Waals surface area contributed by atoms with E-state index < -0.39 is 0 Å². The van der Waals surface area contributed by atoms with E-state index in [-0.39, 0.29) is 5.92 Å². The number of ether oxygens (including phenoxy) is 1. The van der Waals surface area contributed by atoms with Crippen LogP contribution in [-0.2, 0) is 5.75 Å². The summed E-state index contributed by atoms with van der Waals surface area (Å²) in [6.07, 6.45) is 0. The second-order valence-electron chi connectivity index (χ2n) is 5.08. The number of thioether (sulfide) groups is 1. The fourth-order valence-electron chi connectivity index (χ4n) is 1.82. The van der Waals surface area contributed by atoms with Gasteiger partial charge in [0.05, 0.1) is 12.9 Å². The van der Waals surface area contributed by atoms with Crippen LogP contribution in [0.15, 0.2) is 38.3 Å².